The van der Waals surface area contributed by atoms with E-state index in [1.807, 2.05) is 37.3 Å². The Balaban J connectivity index is 2.28. The Kier molecular flexibility index (Phi) is 4.95. The Hall–Kier alpha value is -1.19. The topological polar surface area (TPSA) is 21.3 Å². The van der Waals surface area contributed by atoms with Gasteiger partial charge in [0.25, 0.3) is 0 Å². The molecule has 0 radical (unpaired) electrons. The Bertz CT molecular complexity index is 615. The number of hydrogen-bond donors (Lipinski definition) is 1. The summed E-state index contributed by atoms with van der Waals surface area (Å²) in [6.45, 7) is 4.08. The molecule has 106 valence electrons. The molecule has 0 aliphatic rings. The van der Waals surface area contributed by atoms with Crippen LogP contribution in [-0.4, -0.2) is 7.11 Å². The van der Waals surface area contributed by atoms with E-state index in [4.69, 9.17) is 16.3 Å². The van der Waals surface area contributed by atoms with Crippen LogP contribution in [-0.2, 0) is 0 Å². The van der Waals surface area contributed by atoms with Crippen LogP contribution in [0, 0.1) is 6.92 Å². The maximum absolute atomic E-state index is 6.19. The lowest BCUT2D eigenvalue weighted by molar-refractivity contribution is 0.408. The summed E-state index contributed by atoms with van der Waals surface area (Å²) in [5, 5.41) is 4.21. The van der Waals surface area contributed by atoms with Crippen molar-refractivity contribution in [1.29, 1.82) is 0 Å². The van der Waals surface area contributed by atoms with Gasteiger partial charge in [0.2, 0.25) is 0 Å². The minimum Gasteiger partial charge on any atom is -0.496 e. The first-order chi connectivity index (χ1) is 9.52. The molecule has 0 aliphatic heterocycles. The fraction of sp³-hybridized carbons (Fsp3) is 0.250. The van der Waals surface area contributed by atoms with Gasteiger partial charge in [-0.15, -0.1) is 0 Å². The normalized spacial score (nSPS) is 12.1. The third kappa shape index (κ3) is 3.28. The third-order valence-electron chi connectivity index (χ3n) is 3.23. The van der Waals surface area contributed by atoms with E-state index in [0.717, 1.165) is 32.1 Å². The van der Waals surface area contributed by atoms with E-state index in [9.17, 15) is 0 Å². The molecule has 2 aromatic rings. The Morgan fingerprint density at radius 2 is 1.95 bits per heavy atom. The molecule has 1 unspecified atom stereocenters. The Morgan fingerprint density at radius 1 is 1.25 bits per heavy atom. The minimum absolute atomic E-state index is 0.112. The van der Waals surface area contributed by atoms with E-state index in [0.29, 0.717) is 0 Å². The zero-order valence-electron chi connectivity index (χ0n) is 11.7. The first-order valence-electron chi connectivity index (χ1n) is 6.38. The van der Waals surface area contributed by atoms with Gasteiger partial charge in [0.15, 0.2) is 0 Å². The smallest absolute Gasteiger partial charge is 0.124 e. The average molecular weight is 355 g/mol. The van der Waals surface area contributed by atoms with Crippen LogP contribution in [0.1, 0.15) is 24.1 Å². The van der Waals surface area contributed by atoms with Crippen LogP contribution in [0.5, 0.6) is 5.75 Å². The summed E-state index contributed by atoms with van der Waals surface area (Å²) in [5.41, 5.74) is 3.13. The maximum atomic E-state index is 6.19. The van der Waals surface area contributed by atoms with Crippen molar-refractivity contribution in [3.8, 4) is 5.75 Å². The highest BCUT2D eigenvalue weighted by Crippen LogP contribution is 2.33. The highest BCUT2D eigenvalue weighted by Gasteiger charge is 2.13. The second-order valence-electron chi connectivity index (χ2n) is 4.69. The SMILES string of the molecule is COc1ccccc1C(C)Nc1cc(Cl)c(C)cc1Br. The lowest BCUT2D eigenvalue weighted by Crippen LogP contribution is -2.08. The van der Waals surface area contributed by atoms with Gasteiger partial charge in [0.1, 0.15) is 5.75 Å². The summed E-state index contributed by atoms with van der Waals surface area (Å²) in [6, 6.07) is 12.1. The molecule has 0 saturated heterocycles. The van der Waals surface area contributed by atoms with Crippen LogP contribution in [0.15, 0.2) is 40.9 Å². The highest BCUT2D eigenvalue weighted by atomic mass is 79.9. The van der Waals surface area contributed by atoms with Crippen LogP contribution < -0.4 is 10.1 Å². The van der Waals surface area contributed by atoms with Crippen molar-refractivity contribution in [2.24, 2.45) is 0 Å². The fourth-order valence-corrected chi connectivity index (χ4v) is 2.83. The second kappa shape index (κ2) is 6.51. The first-order valence-corrected chi connectivity index (χ1v) is 7.55. The molecular formula is C16H17BrClNO. The second-order valence-corrected chi connectivity index (χ2v) is 5.95. The number of benzene rings is 2. The number of para-hydroxylation sites is 1. The number of anilines is 1. The molecule has 4 heteroatoms. The number of methoxy groups -OCH3 is 1. The summed E-state index contributed by atoms with van der Waals surface area (Å²) in [7, 11) is 1.68. The van der Waals surface area contributed by atoms with Crippen molar-refractivity contribution in [3.05, 3.63) is 57.0 Å². The summed E-state index contributed by atoms with van der Waals surface area (Å²) in [6.07, 6.45) is 0. The molecule has 0 bridgehead atoms. The number of hydrogen-bond acceptors (Lipinski definition) is 2. The molecule has 2 aromatic carbocycles. The minimum atomic E-state index is 0.112. The summed E-state index contributed by atoms with van der Waals surface area (Å²) in [5.74, 6) is 0.877. The summed E-state index contributed by atoms with van der Waals surface area (Å²) >= 11 is 9.75. The van der Waals surface area contributed by atoms with Crippen LogP contribution in [0.2, 0.25) is 5.02 Å². The van der Waals surface area contributed by atoms with Gasteiger partial charge in [0, 0.05) is 15.1 Å². The van der Waals surface area contributed by atoms with Gasteiger partial charge >= 0.3 is 0 Å². The quantitative estimate of drug-likeness (QED) is 0.772. The molecule has 2 rings (SSSR count). The van der Waals surface area contributed by atoms with Gasteiger partial charge in [0.05, 0.1) is 18.8 Å². The monoisotopic (exact) mass is 353 g/mol. The number of rotatable bonds is 4. The predicted octanol–water partition coefficient (Wildman–Crippen LogP) is 5.59. The van der Waals surface area contributed by atoms with Crippen molar-refractivity contribution in [3.63, 3.8) is 0 Å². The van der Waals surface area contributed by atoms with E-state index in [1.165, 1.54) is 0 Å². The molecule has 0 heterocycles. The molecule has 0 aliphatic carbocycles. The number of halogens is 2. The van der Waals surface area contributed by atoms with E-state index < -0.39 is 0 Å². The van der Waals surface area contributed by atoms with Crippen molar-refractivity contribution >= 4 is 33.2 Å². The van der Waals surface area contributed by atoms with Crippen molar-refractivity contribution in [1.82, 2.24) is 0 Å². The van der Waals surface area contributed by atoms with Gasteiger partial charge in [-0.25, -0.2) is 0 Å². The number of aryl methyl sites for hydroxylation is 1. The Morgan fingerprint density at radius 3 is 2.65 bits per heavy atom. The van der Waals surface area contributed by atoms with Crippen LogP contribution in [0.4, 0.5) is 5.69 Å². The molecule has 1 atom stereocenters. The van der Waals surface area contributed by atoms with E-state index in [2.05, 4.69) is 34.2 Å². The Labute approximate surface area is 133 Å². The molecule has 2 nitrogen and oxygen atoms in total. The first kappa shape index (κ1) is 15.2. The summed E-state index contributed by atoms with van der Waals surface area (Å²) < 4.78 is 6.40. The van der Waals surface area contributed by atoms with Gasteiger partial charge in [-0.2, -0.15) is 0 Å². The van der Waals surface area contributed by atoms with Gasteiger partial charge in [-0.3, -0.25) is 0 Å². The van der Waals surface area contributed by atoms with E-state index >= 15 is 0 Å². The fourth-order valence-electron chi connectivity index (χ4n) is 2.09. The molecule has 0 fully saturated rings. The number of ether oxygens (including phenoxy) is 1. The largest absolute Gasteiger partial charge is 0.496 e. The van der Waals surface area contributed by atoms with E-state index in [1.54, 1.807) is 7.11 Å². The lowest BCUT2D eigenvalue weighted by Gasteiger charge is -2.19. The number of nitrogens with one attached hydrogen (secondary N) is 1. The van der Waals surface area contributed by atoms with E-state index in [-0.39, 0.29) is 6.04 Å². The molecule has 0 saturated carbocycles. The van der Waals surface area contributed by atoms with Gasteiger partial charge in [-0.05, 0) is 53.5 Å². The van der Waals surface area contributed by atoms with Crippen molar-refractivity contribution < 1.29 is 4.74 Å². The zero-order chi connectivity index (χ0) is 14.7. The van der Waals surface area contributed by atoms with Crippen LogP contribution in [0.3, 0.4) is 0 Å². The van der Waals surface area contributed by atoms with Gasteiger partial charge < -0.3 is 10.1 Å². The van der Waals surface area contributed by atoms with Crippen LogP contribution in [0.25, 0.3) is 0 Å². The zero-order valence-corrected chi connectivity index (χ0v) is 14.0. The molecule has 20 heavy (non-hydrogen) atoms. The van der Waals surface area contributed by atoms with Gasteiger partial charge in [-0.1, -0.05) is 29.8 Å². The predicted molar refractivity (Wildman–Crippen MR) is 88.9 cm³/mol. The van der Waals surface area contributed by atoms with Crippen molar-refractivity contribution in [2.45, 2.75) is 19.9 Å². The molecular weight excluding hydrogens is 338 g/mol. The molecule has 1 N–H and O–H groups in total. The average Bonchev–Trinajstić information content (AvgIpc) is 2.44. The highest BCUT2D eigenvalue weighted by molar-refractivity contribution is 9.10. The molecule has 0 amide bonds. The molecule has 0 spiro atoms. The van der Waals surface area contributed by atoms with Crippen LogP contribution >= 0.6 is 27.5 Å². The molecule has 0 aromatic heterocycles. The maximum Gasteiger partial charge on any atom is 0.124 e. The lowest BCUT2D eigenvalue weighted by atomic mass is 10.1. The third-order valence-corrected chi connectivity index (χ3v) is 4.29. The standard InChI is InChI=1S/C16H17BrClNO/c1-10-8-13(17)15(9-14(10)18)19-11(2)12-6-4-5-7-16(12)20-3/h4-9,11,19H,1-3H3. The van der Waals surface area contributed by atoms with Crippen molar-refractivity contribution in [2.75, 3.05) is 12.4 Å². The summed E-state index contributed by atoms with van der Waals surface area (Å²) in [4.78, 5) is 0.